The summed E-state index contributed by atoms with van der Waals surface area (Å²) in [5.41, 5.74) is 0.287. The van der Waals surface area contributed by atoms with Gasteiger partial charge in [-0.3, -0.25) is 4.79 Å². The maximum Gasteiger partial charge on any atom is 0.396 e. The van der Waals surface area contributed by atoms with E-state index in [9.17, 15) is 22.8 Å². The van der Waals surface area contributed by atoms with Crippen molar-refractivity contribution in [3.05, 3.63) is 29.8 Å². The van der Waals surface area contributed by atoms with Crippen molar-refractivity contribution in [1.29, 1.82) is 0 Å². The predicted molar refractivity (Wildman–Crippen MR) is 56.8 cm³/mol. The van der Waals surface area contributed by atoms with E-state index in [4.69, 9.17) is 0 Å². The van der Waals surface area contributed by atoms with E-state index >= 15 is 0 Å². The van der Waals surface area contributed by atoms with E-state index in [0.29, 0.717) is 0 Å². The summed E-state index contributed by atoms with van der Waals surface area (Å²) in [5.74, 6) is -2.06. The van der Waals surface area contributed by atoms with Crippen molar-refractivity contribution in [1.82, 2.24) is 0 Å². The van der Waals surface area contributed by atoms with Crippen LogP contribution in [-0.2, 0) is 20.7 Å². The highest BCUT2D eigenvalue weighted by Gasteiger charge is 2.27. The summed E-state index contributed by atoms with van der Waals surface area (Å²) >= 11 is 0. The molecule has 0 bridgehead atoms. The molecule has 0 aromatic heterocycles. The Bertz CT molecular complexity index is 440. The van der Waals surface area contributed by atoms with Gasteiger partial charge in [-0.05, 0) is 17.7 Å². The van der Waals surface area contributed by atoms with E-state index in [0.717, 1.165) is 7.11 Å². The summed E-state index contributed by atoms with van der Waals surface area (Å²) in [7, 11) is 1.05. The number of benzene rings is 1. The lowest BCUT2D eigenvalue weighted by atomic mass is 10.1. The summed E-state index contributed by atoms with van der Waals surface area (Å²) in [6.07, 6.45) is -5.32. The molecule has 98 valence electrons. The van der Waals surface area contributed by atoms with Gasteiger partial charge in [-0.2, -0.15) is 13.2 Å². The molecule has 0 atom stereocenters. The molecular formula is C11H10F3NO3. The van der Waals surface area contributed by atoms with Gasteiger partial charge in [-0.15, -0.1) is 0 Å². The molecule has 0 aliphatic rings. The average molecular weight is 261 g/mol. The van der Waals surface area contributed by atoms with Crippen LogP contribution < -0.4 is 5.32 Å². The number of esters is 1. The van der Waals surface area contributed by atoms with Crippen LogP contribution in [0.25, 0.3) is 0 Å². The maximum atomic E-state index is 12.1. The molecule has 0 saturated carbocycles. The van der Waals surface area contributed by atoms with E-state index in [1.807, 2.05) is 0 Å². The number of anilines is 1. The summed E-state index contributed by atoms with van der Waals surface area (Å²) in [6, 6.07) is 5.00. The highest BCUT2D eigenvalue weighted by Crippen LogP contribution is 2.22. The second-order valence-corrected chi connectivity index (χ2v) is 3.43. The summed E-state index contributed by atoms with van der Waals surface area (Å²) in [5, 5.41) is 2.19. The first-order valence-corrected chi connectivity index (χ1v) is 4.87. The highest BCUT2D eigenvalue weighted by atomic mass is 19.4. The van der Waals surface area contributed by atoms with Crippen LogP contribution in [-0.4, -0.2) is 25.2 Å². The van der Waals surface area contributed by atoms with Gasteiger partial charge in [0, 0.05) is 5.69 Å². The van der Waals surface area contributed by atoms with Crippen molar-refractivity contribution < 1.29 is 27.5 Å². The lowest BCUT2D eigenvalue weighted by Gasteiger charge is -2.07. The molecule has 4 nitrogen and oxygen atoms in total. The molecule has 0 aliphatic heterocycles. The number of alkyl halides is 3. The number of hydrogen-bond donors (Lipinski definition) is 1. The first-order chi connectivity index (χ1) is 8.31. The zero-order valence-corrected chi connectivity index (χ0v) is 9.38. The van der Waals surface area contributed by atoms with Crippen molar-refractivity contribution in [3.63, 3.8) is 0 Å². The molecule has 1 N–H and O–H groups in total. The Morgan fingerprint density at radius 2 is 1.78 bits per heavy atom. The third kappa shape index (κ3) is 4.44. The predicted octanol–water partition coefficient (Wildman–Crippen LogP) is 1.90. The van der Waals surface area contributed by atoms with Crippen LogP contribution >= 0.6 is 0 Å². The molecule has 0 heterocycles. The summed E-state index contributed by atoms with van der Waals surface area (Å²) in [4.78, 5) is 21.9. The minimum atomic E-state index is -4.28. The molecule has 0 saturated heterocycles. The molecule has 0 radical (unpaired) electrons. The number of carbonyl (C=O) groups excluding carboxylic acids is 2. The molecule has 0 aliphatic carbocycles. The third-order valence-electron chi connectivity index (χ3n) is 1.99. The molecule has 1 aromatic rings. The molecular weight excluding hydrogens is 251 g/mol. The Kier molecular flexibility index (Phi) is 4.30. The zero-order valence-electron chi connectivity index (χ0n) is 9.38. The minimum absolute atomic E-state index is 0.0681. The average Bonchev–Trinajstić information content (AvgIpc) is 2.28. The third-order valence-corrected chi connectivity index (χ3v) is 1.99. The second-order valence-electron chi connectivity index (χ2n) is 3.43. The summed E-state index contributed by atoms with van der Waals surface area (Å²) in [6.45, 7) is 0. The molecule has 1 amide bonds. The van der Waals surface area contributed by atoms with Gasteiger partial charge < -0.3 is 10.1 Å². The number of hydrogen-bond acceptors (Lipinski definition) is 3. The SMILES string of the molecule is COC(=O)C(=O)Nc1ccc(CC(F)(F)F)cc1. The fraction of sp³-hybridized carbons (Fsp3) is 0.273. The topological polar surface area (TPSA) is 55.4 Å². The van der Waals surface area contributed by atoms with Crippen molar-refractivity contribution >= 4 is 17.6 Å². The van der Waals surface area contributed by atoms with Gasteiger partial charge in [-0.1, -0.05) is 12.1 Å². The Morgan fingerprint density at radius 3 is 2.22 bits per heavy atom. The van der Waals surface area contributed by atoms with Crippen LogP contribution in [0.3, 0.4) is 0 Å². The molecule has 7 heteroatoms. The largest absolute Gasteiger partial charge is 0.462 e. The van der Waals surface area contributed by atoms with Crippen molar-refractivity contribution in [3.8, 4) is 0 Å². The first kappa shape index (κ1) is 14.0. The van der Waals surface area contributed by atoms with Crippen LogP contribution in [0.2, 0.25) is 0 Å². The van der Waals surface area contributed by atoms with E-state index < -0.39 is 24.5 Å². The zero-order chi connectivity index (χ0) is 13.8. The number of nitrogens with one attached hydrogen (secondary N) is 1. The molecule has 0 fully saturated rings. The van der Waals surface area contributed by atoms with Gasteiger partial charge in [-0.25, -0.2) is 4.79 Å². The van der Waals surface area contributed by atoms with Crippen molar-refractivity contribution in [2.75, 3.05) is 12.4 Å². The van der Waals surface area contributed by atoms with E-state index in [1.54, 1.807) is 0 Å². The number of amides is 1. The Labute approximate surface area is 101 Å². The molecule has 18 heavy (non-hydrogen) atoms. The quantitative estimate of drug-likeness (QED) is 0.653. The fourth-order valence-electron chi connectivity index (χ4n) is 1.21. The molecule has 0 spiro atoms. The Hall–Kier alpha value is -2.05. The van der Waals surface area contributed by atoms with Crippen LogP contribution in [0.15, 0.2) is 24.3 Å². The minimum Gasteiger partial charge on any atom is -0.462 e. The van der Waals surface area contributed by atoms with Crippen LogP contribution in [0, 0.1) is 0 Å². The van der Waals surface area contributed by atoms with Crippen LogP contribution in [0.5, 0.6) is 0 Å². The Balaban J connectivity index is 2.66. The van der Waals surface area contributed by atoms with Crippen molar-refractivity contribution in [2.45, 2.75) is 12.6 Å². The number of halogens is 3. The fourth-order valence-corrected chi connectivity index (χ4v) is 1.21. The van der Waals surface area contributed by atoms with Gasteiger partial charge >= 0.3 is 18.1 Å². The smallest absolute Gasteiger partial charge is 0.396 e. The van der Waals surface area contributed by atoms with Crippen LogP contribution in [0.4, 0.5) is 18.9 Å². The monoisotopic (exact) mass is 261 g/mol. The number of methoxy groups -OCH3 is 1. The summed E-state index contributed by atoms with van der Waals surface area (Å²) < 4.78 is 40.4. The normalized spacial score (nSPS) is 10.9. The number of carbonyl (C=O) groups is 2. The van der Waals surface area contributed by atoms with Gasteiger partial charge in [0.25, 0.3) is 0 Å². The van der Waals surface area contributed by atoms with E-state index in [1.165, 1.54) is 24.3 Å². The van der Waals surface area contributed by atoms with Crippen LogP contribution in [0.1, 0.15) is 5.56 Å². The molecule has 1 aromatic carbocycles. The van der Waals surface area contributed by atoms with Gasteiger partial charge in [0.2, 0.25) is 0 Å². The molecule has 1 rings (SSSR count). The van der Waals surface area contributed by atoms with Gasteiger partial charge in [0.05, 0.1) is 13.5 Å². The highest BCUT2D eigenvalue weighted by molar-refractivity contribution is 6.37. The van der Waals surface area contributed by atoms with Gasteiger partial charge in [0.1, 0.15) is 0 Å². The standard InChI is InChI=1S/C11H10F3NO3/c1-18-10(17)9(16)15-8-4-2-7(3-5-8)6-11(12,13)14/h2-5H,6H2,1H3,(H,15,16). The Morgan fingerprint density at radius 1 is 1.22 bits per heavy atom. The number of ether oxygens (including phenoxy) is 1. The lowest BCUT2D eigenvalue weighted by Crippen LogP contribution is -2.23. The second kappa shape index (κ2) is 5.52. The lowest BCUT2D eigenvalue weighted by molar-refractivity contribution is -0.150. The van der Waals surface area contributed by atoms with Gasteiger partial charge in [0.15, 0.2) is 0 Å². The maximum absolute atomic E-state index is 12.1. The van der Waals surface area contributed by atoms with Crippen molar-refractivity contribution in [2.24, 2.45) is 0 Å². The first-order valence-electron chi connectivity index (χ1n) is 4.87. The molecule has 0 unspecified atom stereocenters. The van der Waals surface area contributed by atoms with E-state index in [-0.39, 0.29) is 11.3 Å². The van der Waals surface area contributed by atoms with E-state index in [2.05, 4.69) is 10.1 Å². The number of rotatable bonds is 2.